The van der Waals surface area contributed by atoms with Crippen LogP contribution in [0.1, 0.15) is 31.2 Å². The van der Waals surface area contributed by atoms with E-state index >= 15 is 0 Å². The summed E-state index contributed by atoms with van der Waals surface area (Å²) in [5.74, 6) is -0.651. The van der Waals surface area contributed by atoms with E-state index in [4.69, 9.17) is 4.42 Å². The smallest absolute Gasteiger partial charge is 0.408 e. The van der Waals surface area contributed by atoms with Gasteiger partial charge in [0.15, 0.2) is 5.58 Å². The molecule has 3 aromatic rings. The molecule has 2 aromatic carbocycles. The van der Waals surface area contributed by atoms with Crippen LogP contribution in [-0.4, -0.2) is 34.4 Å². The lowest BCUT2D eigenvalue weighted by atomic mass is 10.2. The fourth-order valence-electron chi connectivity index (χ4n) is 3.67. The van der Waals surface area contributed by atoms with Crippen LogP contribution in [0.4, 0.5) is 0 Å². The summed E-state index contributed by atoms with van der Waals surface area (Å²) in [4.78, 5) is 13.9. The summed E-state index contributed by atoms with van der Waals surface area (Å²) in [7, 11) is -7.34. The Balaban J connectivity index is 1.36. The predicted octanol–water partition coefficient (Wildman–Crippen LogP) is 1.86. The van der Waals surface area contributed by atoms with Crippen LogP contribution in [0.3, 0.4) is 0 Å². The Morgan fingerprint density at radius 2 is 1.61 bits per heavy atom. The topological polar surface area (TPSA) is 138 Å². The number of aromatic nitrogens is 1. The zero-order valence-electron chi connectivity index (χ0n) is 16.6. The second-order valence-electron chi connectivity index (χ2n) is 7.57. The van der Waals surface area contributed by atoms with Crippen LogP contribution in [-0.2, 0) is 26.5 Å². The predicted molar refractivity (Wildman–Crippen MR) is 115 cm³/mol. The Bertz CT molecular complexity index is 1340. The highest BCUT2D eigenvalue weighted by Crippen LogP contribution is 2.21. The molecule has 0 radical (unpaired) electrons. The molecule has 0 spiro atoms. The molecule has 3 N–H and O–H groups in total. The quantitative estimate of drug-likeness (QED) is 0.464. The van der Waals surface area contributed by atoms with E-state index in [9.17, 15) is 21.6 Å². The first-order valence-corrected chi connectivity index (χ1v) is 12.9. The summed E-state index contributed by atoms with van der Waals surface area (Å²) in [5, 5.41) is 0. The number of rotatable bonds is 8. The average molecular weight is 466 g/mol. The standard InChI is InChI=1S/C20H23N3O6S2/c24-20-22-18-10-9-17(13-19(18)29-20)30(25,26)21-12-11-14-5-7-16(8-6-14)31(27,28)23-15-3-1-2-4-15/h5-10,13,15,21,23H,1-4,11-12H2,(H,22,24). The van der Waals surface area contributed by atoms with Crippen molar-refractivity contribution in [3.05, 3.63) is 58.6 Å². The maximum atomic E-state index is 12.5. The molecule has 0 bridgehead atoms. The van der Waals surface area contributed by atoms with Gasteiger partial charge in [0.25, 0.3) is 0 Å². The number of benzene rings is 2. The third-order valence-corrected chi connectivity index (χ3v) is 8.31. The number of nitrogens with one attached hydrogen (secondary N) is 3. The van der Waals surface area contributed by atoms with Crippen LogP contribution in [0.5, 0.6) is 0 Å². The minimum Gasteiger partial charge on any atom is -0.408 e. The summed E-state index contributed by atoms with van der Waals surface area (Å²) in [6, 6.07) is 10.5. The molecule has 0 saturated heterocycles. The molecule has 166 valence electrons. The molecule has 1 aliphatic rings. The Morgan fingerprint density at radius 3 is 2.32 bits per heavy atom. The second kappa shape index (κ2) is 8.58. The van der Waals surface area contributed by atoms with Crippen molar-refractivity contribution < 1.29 is 21.3 Å². The van der Waals surface area contributed by atoms with E-state index in [2.05, 4.69) is 14.4 Å². The third kappa shape index (κ3) is 5.06. The van der Waals surface area contributed by atoms with Crippen LogP contribution in [0, 0.1) is 0 Å². The first kappa shape index (κ1) is 21.8. The van der Waals surface area contributed by atoms with Crippen LogP contribution in [0.25, 0.3) is 11.1 Å². The highest BCUT2D eigenvalue weighted by Gasteiger charge is 2.22. The van der Waals surface area contributed by atoms with Crippen LogP contribution in [0.15, 0.2) is 61.5 Å². The highest BCUT2D eigenvalue weighted by atomic mass is 32.2. The zero-order valence-corrected chi connectivity index (χ0v) is 18.3. The summed E-state index contributed by atoms with van der Waals surface area (Å²) < 4.78 is 60.1. The van der Waals surface area contributed by atoms with Gasteiger partial charge in [-0.05, 0) is 49.1 Å². The first-order chi connectivity index (χ1) is 14.7. The van der Waals surface area contributed by atoms with Crippen molar-refractivity contribution in [2.24, 2.45) is 0 Å². The summed E-state index contributed by atoms with van der Waals surface area (Å²) in [5.41, 5.74) is 1.38. The van der Waals surface area contributed by atoms with Crippen LogP contribution >= 0.6 is 0 Å². The van der Waals surface area contributed by atoms with E-state index in [1.54, 1.807) is 12.1 Å². The zero-order chi connectivity index (χ0) is 22.1. The molecule has 4 rings (SSSR count). The van der Waals surface area contributed by atoms with Crippen LogP contribution < -0.4 is 15.2 Å². The molecule has 0 amide bonds. The van der Waals surface area contributed by atoms with Gasteiger partial charge in [-0.3, -0.25) is 4.98 Å². The first-order valence-electron chi connectivity index (χ1n) is 9.97. The number of aromatic amines is 1. The molecule has 1 aromatic heterocycles. The minimum absolute atomic E-state index is 0.00222. The molecule has 11 heteroatoms. The summed E-state index contributed by atoms with van der Waals surface area (Å²) >= 11 is 0. The molecule has 1 heterocycles. The van der Waals surface area contributed by atoms with Gasteiger partial charge in [0.1, 0.15) is 0 Å². The molecule has 0 atom stereocenters. The molecule has 31 heavy (non-hydrogen) atoms. The average Bonchev–Trinajstić information content (AvgIpc) is 3.35. The maximum Gasteiger partial charge on any atom is 0.417 e. The van der Waals surface area contributed by atoms with Crippen molar-refractivity contribution in [1.82, 2.24) is 14.4 Å². The lowest BCUT2D eigenvalue weighted by Gasteiger charge is -2.13. The fraction of sp³-hybridized carbons (Fsp3) is 0.350. The maximum absolute atomic E-state index is 12.5. The largest absolute Gasteiger partial charge is 0.417 e. The number of hydrogen-bond donors (Lipinski definition) is 3. The molecular weight excluding hydrogens is 442 g/mol. The number of sulfonamides is 2. The van der Waals surface area contributed by atoms with Gasteiger partial charge < -0.3 is 4.42 Å². The Hall–Kier alpha value is -2.47. The van der Waals surface area contributed by atoms with Gasteiger partial charge in [-0.15, -0.1) is 0 Å². The monoisotopic (exact) mass is 465 g/mol. The third-order valence-electron chi connectivity index (χ3n) is 5.32. The van der Waals surface area contributed by atoms with E-state index in [0.717, 1.165) is 31.2 Å². The van der Waals surface area contributed by atoms with E-state index in [-0.39, 0.29) is 28.0 Å². The Kier molecular flexibility index (Phi) is 6.02. The van der Waals surface area contributed by atoms with Crippen molar-refractivity contribution in [3.8, 4) is 0 Å². The number of oxazole rings is 1. The SMILES string of the molecule is O=c1[nH]c2ccc(S(=O)(=O)NCCc3ccc(S(=O)(=O)NC4CCCC4)cc3)cc2o1. The molecule has 0 aliphatic heterocycles. The minimum atomic E-state index is -3.79. The van der Waals surface area contributed by atoms with Crippen molar-refractivity contribution >= 4 is 31.1 Å². The molecule has 1 fully saturated rings. The Labute approximate surface area is 180 Å². The molecule has 9 nitrogen and oxygen atoms in total. The fourth-order valence-corrected chi connectivity index (χ4v) is 6.02. The van der Waals surface area contributed by atoms with E-state index in [1.807, 2.05) is 0 Å². The van der Waals surface area contributed by atoms with Crippen molar-refractivity contribution in [2.75, 3.05) is 6.54 Å². The van der Waals surface area contributed by atoms with Gasteiger partial charge in [-0.25, -0.2) is 31.1 Å². The van der Waals surface area contributed by atoms with Gasteiger partial charge in [0.2, 0.25) is 20.0 Å². The van der Waals surface area contributed by atoms with Crippen molar-refractivity contribution in [2.45, 2.75) is 47.9 Å². The van der Waals surface area contributed by atoms with Gasteiger partial charge in [-0.2, -0.15) is 0 Å². The van der Waals surface area contributed by atoms with Gasteiger partial charge >= 0.3 is 5.76 Å². The van der Waals surface area contributed by atoms with Crippen molar-refractivity contribution in [3.63, 3.8) is 0 Å². The molecule has 0 unspecified atom stereocenters. The summed E-state index contributed by atoms with van der Waals surface area (Å²) in [6.45, 7) is 0.129. The molecular formula is C20H23N3O6S2. The van der Waals surface area contributed by atoms with E-state index < -0.39 is 25.8 Å². The normalized spacial score (nSPS) is 15.6. The number of hydrogen-bond acceptors (Lipinski definition) is 6. The highest BCUT2D eigenvalue weighted by molar-refractivity contribution is 7.89. The van der Waals surface area contributed by atoms with Crippen molar-refractivity contribution in [1.29, 1.82) is 0 Å². The second-order valence-corrected chi connectivity index (χ2v) is 11.0. The van der Waals surface area contributed by atoms with Gasteiger partial charge in [-0.1, -0.05) is 25.0 Å². The van der Waals surface area contributed by atoms with E-state index in [1.165, 1.54) is 30.3 Å². The van der Waals surface area contributed by atoms with Gasteiger partial charge in [0, 0.05) is 18.7 Å². The summed E-state index contributed by atoms with van der Waals surface area (Å²) in [6.07, 6.45) is 4.18. The van der Waals surface area contributed by atoms with Crippen LogP contribution in [0.2, 0.25) is 0 Å². The number of fused-ring (bicyclic) bond motifs is 1. The molecule has 1 aliphatic carbocycles. The lowest BCUT2D eigenvalue weighted by Crippen LogP contribution is -2.32. The number of H-pyrrole nitrogens is 1. The Morgan fingerprint density at radius 1 is 0.935 bits per heavy atom. The van der Waals surface area contributed by atoms with Gasteiger partial charge in [0.05, 0.1) is 15.3 Å². The lowest BCUT2D eigenvalue weighted by molar-refractivity contribution is 0.552. The van der Waals surface area contributed by atoms with E-state index in [0.29, 0.717) is 11.9 Å². The molecule has 1 saturated carbocycles.